The molecule has 1 aromatic rings. The minimum atomic E-state index is 0.860. The van der Waals surface area contributed by atoms with Crippen molar-refractivity contribution in [1.29, 1.82) is 0 Å². The zero-order chi connectivity index (χ0) is 9.97. The summed E-state index contributed by atoms with van der Waals surface area (Å²) >= 11 is 1.71. The van der Waals surface area contributed by atoms with Gasteiger partial charge in [-0.05, 0) is 25.2 Å². The van der Waals surface area contributed by atoms with Gasteiger partial charge in [0.2, 0.25) is 0 Å². The molecule has 2 rings (SSSR count). The smallest absolute Gasteiger partial charge is 0.182 e. The van der Waals surface area contributed by atoms with Gasteiger partial charge < -0.3 is 5.32 Å². The van der Waals surface area contributed by atoms with Crippen LogP contribution in [0.2, 0.25) is 0 Å². The highest BCUT2D eigenvalue weighted by molar-refractivity contribution is 7.13. The van der Waals surface area contributed by atoms with Gasteiger partial charge in [-0.1, -0.05) is 19.8 Å². The molecule has 0 amide bonds. The van der Waals surface area contributed by atoms with E-state index in [0.29, 0.717) is 0 Å². The van der Waals surface area contributed by atoms with Crippen LogP contribution in [0.15, 0.2) is 5.38 Å². The molecule has 0 aliphatic heterocycles. The maximum absolute atomic E-state index is 4.40. The maximum Gasteiger partial charge on any atom is 0.182 e. The predicted octanol–water partition coefficient (Wildman–Crippen LogP) is 3.30. The van der Waals surface area contributed by atoms with Crippen LogP contribution < -0.4 is 5.32 Å². The summed E-state index contributed by atoms with van der Waals surface area (Å²) in [5.41, 5.74) is 1.12. The largest absolute Gasteiger partial charge is 0.361 e. The Kier molecular flexibility index (Phi) is 3.06. The van der Waals surface area contributed by atoms with Gasteiger partial charge in [-0.15, -0.1) is 11.3 Å². The molecule has 1 heterocycles. The van der Waals surface area contributed by atoms with Crippen LogP contribution in [-0.4, -0.2) is 11.5 Å². The average molecular weight is 210 g/mol. The number of hydrogen-bond acceptors (Lipinski definition) is 3. The number of thiazole rings is 1. The van der Waals surface area contributed by atoms with Crippen LogP contribution in [0.5, 0.6) is 0 Å². The highest BCUT2D eigenvalue weighted by Crippen LogP contribution is 2.31. The van der Waals surface area contributed by atoms with E-state index < -0.39 is 0 Å². The summed E-state index contributed by atoms with van der Waals surface area (Å²) in [6, 6.07) is 0. The molecule has 2 atom stereocenters. The number of rotatable bonds is 3. The number of nitrogens with zero attached hydrogens (tertiary/aromatic N) is 1. The van der Waals surface area contributed by atoms with Crippen molar-refractivity contribution in [2.75, 3.05) is 11.9 Å². The van der Waals surface area contributed by atoms with E-state index in [1.165, 1.54) is 19.3 Å². The van der Waals surface area contributed by atoms with Crippen LogP contribution in [0.1, 0.15) is 31.9 Å². The maximum atomic E-state index is 4.40. The Morgan fingerprint density at radius 1 is 1.57 bits per heavy atom. The lowest BCUT2D eigenvalue weighted by Crippen LogP contribution is -2.16. The normalized spacial score (nSPS) is 26.7. The van der Waals surface area contributed by atoms with Crippen LogP contribution in [0.4, 0.5) is 5.13 Å². The standard InChI is InChI=1S/C11H18N2S/c1-8-4-3-5-10(8)6-12-11-13-9(2)7-14-11/h7-8,10H,3-6H2,1-2H3,(H,12,13). The molecule has 14 heavy (non-hydrogen) atoms. The molecule has 2 unspecified atom stereocenters. The monoisotopic (exact) mass is 210 g/mol. The molecule has 2 nitrogen and oxygen atoms in total. The number of aromatic nitrogens is 1. The fourth-order valence-electron chi connectivity index (χ4n) is 2.18. The summed E-state index contributed by atoms with van der Waals surface area (Å²) in [4.78, 5) is 4.40. The Bertz CT molecular complexity index is 295. The molecule has 0 spiro atoms. The van der Waals surface area contributed by atoms with Gasteiger partial charge in [0.1, 0.15) is 0 Å². The van der Waals surface area contributed by atoms with Gasteiger partial charge in [-0.25, -0.2) is 4.98 Å². The van der Waals surface area contributed by atoms with E-state index in [0.717, 1.165) is 29.2 Å². The molecule has 0 aromatic carbocycles. The molecular weight excluding hydrogens is 192 g/mol. The molecule has 1 N–H and O–H groups in total. The highest BCUT2D eigenvalue weighted by Gasteiger charge is 2.22. The Morgan fingerprint density at radius 3 is 3.00 bits per heavy atom. The van der Waals surface area contributed by atoms with E-state index in [2.05, 4.69) is 22.6 Å². The third-order valence-electron chi connectivity index (χ3n) is 3.17. The molecule has 1 aromatic heterocycles. The van der Waals surface area contributed by atoms with Gasteiger partial charge in [-0.3, -0.25) is 0 Å². The predicted molar refractivity (Wildman–Crippen MR) is 61.8 cm³/mol. The molecule has 1 fully saturated rings. The topological polar surface area (TPSA) is 24.9 Å². The fourth-order valence-corrected chi connectivity index (χ4v) is 2.88. The molecular formula is C11H18N2S. The van der Waals surface area contributed by atoms with Crippen LogP contribution in [0, 0.1) is 18.8 Å². The lowest BCUT2D eigenvalue weighted by Gasteiger charge is -2.15. The number of nitrogens with one attached hydrogen (secondary N) is 1. The second-order valence-electron chi connectivity index (χ2n) is 4.34. The van der Waals surface area contributed by atoms with Crippen molar-refractivity contribution in [3.8, 4) is 0 Å². The van der Waals surface area contributed by atoms with Gasteiger partial charge in [0.15, 0.2) is 5.13 Å². The van der Waals surface area contributed by atoms with Crippen LogP contribution in [0.3, 0.4) is 0 Å². The molecule has 3 heteroatoms. The zero-order valence-corrected chi connectivity index (χ0v) is 9.73. The summed E-state index contributed by atoms with van der Waals surface area (Å²) in [6.45, 7) is 5.51. The lowest BCUT2D eigenvalue weighted by atomic mass is 9.98. The van der Waals surface area contributed by atoms with E-state index in [4.69, 9.17) is 0 Å². The van der Waals surface area contributed by atoms with Crippen LogP contribution >= 0.6 is 11.3 Å². The lowest BCUT2D eigenvalue weighted by molar-refractivity contribution is 0.439. The Hall–Kier alpha value is -0.570. The van der Waals surface area contributed by atoms with Crippen molar-refractivity contribution in [2.24, 2.45) is 11.8 Å². The SMILES string of the molecule is Cc1csc(NCC2CCCC2C)n1. The first-order chi connectivity index (χ1) is 6.75. The van der Waals surface area contributed by atoms with E-state index in [9.17, 15) is 0 Å². The van der Waals surface area contributed by atoms with Gasteiger partial charge in [0.05, 0.1) is 5.69 Å². The summed E-state index contributed by atoms with van der Waals surface area (Å²) in [5.74, 6) is 1.75. The van der Waals surface area contributed by atoms with Crippen molar-refractivity contribution in [3.05, 3.63) is 11.1 Å². The van der Waals surface area contributed by atoms with Crippen molar-refractivity contribution in [2.45, 2.75) is 33.1 Å². The van der Waals surface area contributed by atoms with Crippen LogP contribution in [-0.2, 0) is 0 Å². The minimum absolute atomic E-state index is 0.860. The molecule has 0 radical (unpaired) electrons. The van der Waals surface area contributed by atoms with Gasteiger partial charge in [0.25, 0.3) is 0 Å². The van der Waals surface area contributed by atoms with E-state index in [-0.39, 0.29) is 0 Å². The molecule has 1 aliphatic carbocycles. The van der Waals surface area contributed by atoms with Crippen molar-refractivity contribution < 1.29 is 0 Å². The number of hydrogen-bond donors (Lipinski definition) is 1. The summed E-state index contributed by atoms with van der Waals surface area (Å²) in [5, 5.41) is 6.63. The zero-order valence-electron chi connectivity index (χ0n) is 8.92. The molecule has 0 saturated heterocycles. The Balaban J connectivity index is 1.82. The minimum Gasteiger partial charge on any atom is -0.361 e. The summed E-state index contributed by atoms with van der Waals surface area (Å²) < 4.78 is 0. The fraction of sp³-hybridized carbons (Fsp3) is 0.727. The summed E-state index contributed by atoms with van der Waals surface area (Å²) in [7, 11) is 0. The van der Waals surface area contributed by atoms with Crippen LogP contribution in [0.25, 0.3) is 0 Å². The van der Waals surface area contributed by atoms with Crippen molar-refractivity contribution in [1.82, 2.24) is 4.98 Å². The van der Waals surface area contributed by atoms with Crippen molar-refractivity contribution in [3.63, 3.8) is 0 Å². The van der Waals surface area contributed by atoms with Crippen molar-refractivity contribution >= 4 is 16.5 Å². The average Bonchev–Trinajstić information content (AvgIpc) is 2.72. The molecule has 78 valence electrons. The molecule has 1 aliphatic rings. The Morgan fingerprint density at radius 2 is 2.43 bits per heavy atom. The summed E-state index contributed by atoms with van der Waals surface area (Å²) in [6.07, 6.45) is 4.20. The second-order valence-corrected chi connectivity index (χ2v) is 5.20. The quantitative estimate of drug-likeness (QED) is 0.828. The second kappa shape index (κ2) is 4.30. The first-order valence-electron chi connectivity index (χ1n) is 5.41. The first kappa shape index (κ1) is 9.97. The van der Waals surface area contributed by atoms with Gasteiger partial charge in [0, 0.05) is 11.9 Å². The third kappa shape index (κ3) is 2.27. The van der Waals surface area contributed by atoms with Gasteiger partial charge >= 0.3 is 0 Å². The van der Waals surface area contributed by atoms with E-state index in [1.807, 2.05) is 6.92 Å². The highest BCUT2D eigenvalue weighted by atomic mass is 32.1. The molecule has 1 saturated carbocycles. The number of anilines is 1. The molecule has 0 bridgehead atoms. The van der Waals surface area contributed by atoms with E-state index in [1.54, 1.807) is 11.3 Å². The first-order valence-corrected chi connectivity index (χ1v) is 6.29. The number of aryl methyl sites for hydroxylation is 1. The van der Waals surface area contributed by atoms with Gasteiger partial charge in [-0.2, -0.15) is 0 Å². The van der Waals surface area contributed by atoms with E-state index >= 15 is 0 Å². The Labute approximate surface area is 89.8 Å². The third-order valence-corrected chi connectivity index (χ3v) is 4.09.